The third-order valence-corrected chi connectivity index (χ3v) is 23.6. The van der Waals surface area contributed by atoms with Crippen molar-refractivity contribution in [3.63, 3.8) is 0 Å². The number of aliphatic hydroxyl groups is 11. The zero-order chi connectivity index (χ0) is 82.4. The molecule has 12 N–H and O–H groups in total. The lowest BCUT2D eigenvalue weighted by Crippen LogP contribution is -2.66. The zero-order valence-corrected chi connectivity index (χ0v) is 72.3. The van der Waals surface area contributed by atoms with Gasteiger partial charge < -0.3 is 89.9 Å². The van der Waals surface area contributed by atoms with Crippen LogP contribution in [0.25, 0.3) is 0 Å². The highest BCUT2D eigenvalue weighted by atomic mass is 16.8. The summed E-state index contributed by atoms with van der Waals surface area (Å²) >= 11 is 0. The van der Waals surface area contributed by atoms with Crippen molar-refractivity contribution in [1.82, 2.24) is 5.32 Å². The molecular formula is C95H175NO18. The smallest absolute Gasteiger partial charge is 0.220 e. The van der Waals surface area contributed by atoms with Gasteiger partial charge in [-0.2, -0.15) is 0 Å². The third-order valence-electron chi connectivity index (χ3n) is 23.6. The highest BCUT2D eigenvalue weighted by Crippen LogP contribution is 2.34. The molecule has 0 aromatic heterocycles. The molecule has 3 heterocycles. The molecule has 0 spiro atoms. The molecule has 17 unspecified atom stereocenters. The van der Waals surface area contributed by atoms with Crippen LogP contribution < -0.4 is 5.32 Å². The second-order valence-corrected chi connectivity index (χ2v) is 33.8. The first-order valence-electron chi connectivity index (χ1n) is 47.5. The van der Waals surface area contributed by atoms with Crippen LogP contribution in [0.3, 0.4) is 0 Å². The van der Waals surface area contributed by atoms with Crippen LogP contribution >= 0.6 is 0 Å². The van der Waals surface area contributed by atoms with E-state index in [4.69, 9.17) is 28.4 Å². The zero-order valence-electron chi connectivity index (χ0n) is 72.3. The lowest BCUT2D eigenvalue weighted by atomic mass is 9.96. The second kappa shape index (κ2) is 74.3. The van der Waals surface area contributed by atoms with Crippen molar-refractivity contribution in [1.29, 1.82) is 0 Å². The van der Waals surface area contributed by atoms with Crippen molar-refractivity contribution < 1.29 is 89.4 Å². The van der Waals surface area contributed by atoms with Gasteiger partial charge in [0.2, 0.25) is 5.91 Å². The van der Waals surface area contributed by atoms with Crippen molar-refractivity contribution in [2.24, 2.45) is 0 Å². The highest BCUT2D eigenvalue weighted by molar-refractivity contribution is 5.76. The van der Waals surface area contributed by atoms with E-state index in [1.807, 2.05) is 6.08 Å². The van der Waals surface area contributed by atoms with Gasteiger partial charge in [0.25, 0.3) is 0 Å². The van der Waals surface area contributed by atoms with Gasteiger partial charge in [-0.05, 0) is 57.8 Å². The Morgan fingerprint density at radius 1 is 0.325 bits per heavy atom. The van der Waals surface area contributed by atoms with Crippen molar-refractivity contribution >= 4 is 5.91 Å². The number of carbonyl (C=O) groups excluding carboxylic acids is 1. The highest BCUT2D eigenvalue weighted by Gasteiger charge is 2.54. The van der Waals surface area contributed by atoms with Gasteiger partial charge in [-0.3, -0.25) is 4.79 Å². The molecule has 0 radical (unpaired) electrons. The summed E-state index contributed by atoms with van der Waals surface area (Å²) in [6, 6.07) is -0.975. The molecule has 17 atom stereocenters. The number of ether oxygens (including phenoxy) is 6. The predicted octanol–water partition coefficient (Wildman–Crippen LogP) is 18.9. The van der Waals surface area contributed by atoms with E-state index >= 15 is 0 Å². The lowest BCUT2D eigenvalue weighted by Gasteiger charge is -2.48. The van der Waals surface area contributed by atoms with Gasteiger partial charge in [-0.25, -0.2) is 0 Å². The molecular weight excluding hydrogens is 1440 g/mol. The van der Waals surface area contributed by atoms with Gasteiger partial charge in [0.1, 0.15) is 73.2 Å². The number of nitrogens with one attached hydrogen (secondary N) is 1. The van der Waals surface area contributed by atoms with Crippen molar-refractivity contribution in [3.8, 4) is 0 Å². The Balaban J connectivity index is 1.30. The largest absolute Gasteiger partial charge is 0.394 e. The molecule has 0 aliphatic carbocycles. The van der Waals surface area contributed by atoms with Crippen molar-refractivity contribution in [2.45, 2.75) is 510 Å². The van der Waals surface area contributed by atoms with E-state index in [-0.39, 0.29) is 18.9 Å². The molecule has 668 valence electrons. The first kappa shape index (κ1) is 106. The standard InChI is InChI=1S/C95H175NO18/c1-3-5-7-9-11-13-15-17-19-21-23-25-27-29-31-33-35-37-38-39-40-41-43-45-47-49-51-53-55-57-59-61-63-65-67-69-71-73-83(101)96-78(79(100)72-70-68-66-64-62-60-58-56-54-52-50-48-46-44-42-36-34-32-30-28-26-24-22-20-18-16-14-12-10-8-6-4-2)77-109-93-89(107)86(104)91(81(75-98)111-93)114-95-90(108)87(105)92(82(76-99)112-95)113-94-88(106)85(103)84(102)80(74-97)110-94/h5,7,11,13,17,19,23,25,70,72,78-82,84-95,97-100,102-108H,3-4,6,8-10,12,14-16,18,20-22,24,26-69,71,73-77H2,1-2H3,(H,96,101)/b7-5-,13-11-,19-17-,25-23-,72-70+. The normalized spacial score (nSPS) is 24.9. The van der Waals surface area contributed by atoms with E-state index in [0.29, 0.717) is 6.42 Å². The van der Waals surface area contributed by atoms with Crippen LogP contribution in [-0.4, -0.2) is 193 Å². The van der Waals surface area contributed by atoms with E-state index in [1.165, 1.54) is 308 Å². The number of hydrogen-bond acceptors (Lipinski definition) is 18. The summed E-state index contributed by atoms with van der Waals surface area (Å²) in [6.45, 7) is 1.69. The van der Waals surface area contributed by atoms with E-state index in [0.717, 1.165) is 70.6 Å². The van der Waals surface area contributed by atoms with Gasteiger partial charge in [0, 0.05) is 6.42 Å². The molecule has 19 heteroatoms. The molecule has 3 fully saturated rings. The number of amides is 1. The monoisotopic (exact) mass is 1620 g/mol. The predicted molar refractivity (Wildman–Crippen MR) is 462 cm³/mol. The molecule has 1 amide bonds. The maximum absolute atomic E-state index is 13.5. The Morgan fingerprint density at radius 2 is 0.605 bits per heavy atom. The fraction of sp³-hybridized carbons (Fsp3) is 0.884. The third kappa shape index (κ3) is 52.0. The summed E-state index contributed by atoms with van der Waals surface area (Å²) in [7, 11) is 0. The van der Waals surface area contributed by atoms with E-state index in [9.17, 15) is 61.0 Å². The number of carbonyl (C=O) groups is 1. The molecule has 3 aliphatic rings. The number of unbranched alkanes of at least 4 members (excludes halogenated alkanes) is 54. The molecule has 0 bridgehead atoms. The Hall–Kier alpha value is -2.51. The molecule has 114 heavy (non-hydrogen) atoms. The summed E-state index contributed by atoms with van der Waals surface area (Å²) < 4.78 is 34.6. The molecule has 19 nitrogen and oxygen atoms in total. The van der Waals surface area contributed by atoms with Gasteiger partial charge >= 0.3 is 0 Å². The fourth-order valence-corrected chi connectivity index (χ4v) is 16.1. The summed E-state index contributed by atoms with van der Waals surface area (Å²) in [4.78, 5) is 13.5. The van der Waals surface area contributed by atoms with Crippen LogP contribution in [0.15, 0.2) is 60.8 Å². The van der Waals surface area contributed by atoms with Gasteiger partial charge in [-0.1, -0.05) is 402 Å². The number of allylic oxidation sites excluding steroid dienone is 9. The maximum Gasteiger partial charge on any atom is 0.220 e. The Labute approximate surface area is 694 Å². The topological polar surface area (TPSA) is 307 Å². The first-order chi connectivity index (χ1) is 55.8. The first-order valence-corrected chi connectivity index (χ1v) is 47.5. The summed E-state index contributed by atoms with van der Waals surface area (Å²) in [6.07, 6.45) is 72.5. The van der Waals surface area contributed by atoms with Crippen LogP contribution in [0.5, 0.6) is 0 Å². The summed E-state index contributed by atoms with van der Waals surface area (Å²) in [5.74, 6) is -0.267. The van der Waals surface area contributed by atoms with Crippen LogP contribution in [0.1, 0.15) is 406 Å². The van der Waals surface area contributed by atoms with E-state index < -0.39 is 124 Å². The minimum atomic E-state index is -1.98. The molecule has 3 rings (SSSR count). The average Bonchev–Trinajstić information content (AvgIpc) is 0.777. The SMILES string of the molecule is CC/C=C\C/C=C\C/C=C\C/C=C\CCCCCCCCCCCCCCCCCCCCCCCCCCC(=O)NC(COC1OC(CO)C(OC2OC(CO)C(OC3OC(CO)C(O)C(O)C3O)C(O)C2O)C(O)C1O)C(O)/C=C/CCCCCCCCCCCCCCCCCCCCCCCCCCCCCCCC. The molecule has 0 saturated carbocycles. The van der Waals surface area contributed by atoms with Crippen molar-refractivity contribution in [2.75, 3.05) is 26.4 Å². The Bertz CT molecular complexity index is 2290. The average molecular weight is 1620 g/mol. The molecule has 0 aromatic carbocycles. The van der Waals surface area contributed by atoms with E-state index in [2.05, 4.69) is 67.8 Å². The quantitative estimate of drug-likeness (QED) is 0.0199. The summed E-state index contributed by atoms with van der Waals surface area (Å²) in [5.41, 5.74) is 0. The Kier molecular flexibility index (Phi) is 68.9. The van der Waals surface area contributed by atoms with Crippen molar-refractivity contribution in [3.05, 3.63) is 60.8 Å². The minimum Gasteiger partial charge on any atom is -0.394 e. The lowest BCUT2D eigenvalue weighted by molar-refractivity contribution is -0.379. The number of rotatable bonds is 78. The minimum absolute atomic E-state index is 0.247. The van der Waals surface area contributed by atoms with Gasteiger partial charge in [-0.15, -0.1) is 0 Å². The van der Waals surface area contributed by atoms with Crippen LogP contribution in [0.2, 0.25) is 0 Å². The maximum atomic E-state index is 13.5. The van der Waals surface area contributed by atoms with Gasteiger partial charge in [0.15, 0.2) is 18.9 Å². The van der Waals surface area contributed by atoms with E-state index in [1.54, 1.807) is 6.08 Å². The second-order valence-electron chi connectivity index (χ2n) is 33.8. The van der Waals surface area contributed by atoms with Crippen LogP contribution in [-0.2, 0) is 33.2 Å². The molecule has 0 aromatic rings. The summed E-state index contributed by atoms with van der Waals surface area (Å²) in [5, 5.41) is 121. The molecule has 3 saturated heterocycles. The van der Waals surface area contributed by atoms with Crippen LogP contribution in [0, 0.1) is 0 Å². The molecule has 3 aliphatic heterocycles. The Morgan fingerprint density at radius 3 is 0.947 bits per heavy atom. The number of hydrogen-bond donors (Lipinski definition) is 12. The van der Waals surface area contributed by atoms with Gasteiger partial charge in [0.05, 0.1) is 38.6 Å². The fourth-order valence-electron chi connectivity index (χ4n) is 16.1. The van der Waals surface area contributed by atoms with Crippen LogP contribution in [0.4, 0.5) is 0 Å². The number of aliphatic hydroxyl groups excluding tert-OH is 11.